The van der Waals surface area contributed by atoms with Crippen molar-refractivity contribution in [3.63, 3.8) is 0 Å². The Morgan fingerprint density at radius 1 is 1.33 bits per heavy atom. The van der Waals surface area contributed by atoms with Gasteiger partial charge in [-0.1, -0.05) is 13.8 Å². The zero-order valence-corrected chi connectivity index (χ0v) is 13.9. The molecule has 2 heterocycles. The third kappa shape index (κ3) is 3.69. The molecule has 21 heavy (non-hydrogen) atoms. The summed E-state index contributed by atoms with van der Waals surface area (Å²) in [5.41, 5.74) is 6.88. The van der Waals surface area contributed by atoms with Crippen LogP contribution in [0.4, 0.5) is 11.6 Å². The maximum Gasteiger partial charge on any atom is 0.135 e. The van der Waals surface area contributed by atoms with Gasteiger partial charge in [0.2, 0.25) is 0 Å². The van der Waals surface area contributed by atoms with Crippen molar-refractivity contribution in [2.75, 3.05) is 11.1 Å². The van der Waals surface area contributed by atoms with Crippen LogP contribution < -0.4 is 11.1 Å². The van der Waals surface area contributed by atoms with Gasteiger partial charge in [-0.3, -0.25) is 0 Å². The van der Waals surface area contributed by atoms with Crippen molar-refractivity contribution < 1.29 is 0 Å². The molecule has 0 aliphatic carbocycles. The van der Waals surface area contributed by atoms with Gasteiger partial charge in [-0.2, -0.15) is 0 Å². The molecule has 6 heteroatoms. The molecule has 0 spiro atoms. The second-order valence-electron chi connectivity index (χ2n) is 5.13. The average molecular weight is 305 g/mol. The van der Waals surface area contributed by atoms with Crippen molar-refractivity contribution in [1.29, 1.82) is 0 Å². The van der Waals surface area contributed by atoms with E-state index in [4.69, 9.17) is 5.73 Å². The number of thiazole rings is 1. The third-order valence-corrected chi connectivity index (χ3v) is 4.67. The standard InChI is InChI=1S/C15H23N5S/c1-5-7-12-19-13(16)9(3)14(20-12)18-10(4)15-17-8-11(6-2)21-15/h8,10H,5-7H2,1-4H3,(H3,16,18,19,20). The lowest BCUT2D eigenvalue weighted by Crippen LogP contribution is -2.12. The molecule has 0 fully saturated rings. The minimum absolute atomic E-state index is 0.109. The van der Waals surface area contributed by atoms with Crippen LogP contribution in [0.2, 0.25) is 0 Å². The highest BCUT2D eigenvalue weighted by atomic mass is 32.1. The number of nitrogen functional groups attached to an aromatic ring is 1. The Morgan fingerprint density at radius 3 is 2.71 bits per heavy atom. The van der Waals surface area contributed by atoms with E-state index in [0.717, 1.165) is 41.5 Å². The zero-order valence-electron chi connectivity index (χ0n) is 13.1. The second-order valence-corrected chi connectivity index (χ2v) is 6.28. The third-order valence-electron chi connectivity index (χ3n) is 3.35. The molecule has 1 atom stereocenters. The second kappa shape index (κ2) is 6.85. The SMILES string of the molecule is CCCc1nc(N)c(C)c(NC(C)c2ncc(CC)s2)n1. The van der Waals surface area contributed by atoms with Crippen molar-refractivity contribution in [3.05, 3.63) is 27.5 Å². The van der Waals surface area contributed by atoms with Gasteiger partial charge < -0.3 is 11.1 Å². The number of aryl methyl sites for hydroxylation is 2. The molecule has 114 valence electrons. The Kier molecular flexibility index (Phi) is 5.12. The summed E-state index contributed by atoms with van der Waals surface area (Å²) < 4.78 is 0. The first-order chi connectivity index (χ1) is 10.0. The van der Waals surface area contributed by atoms with Gasteiger partial charge in [-0.15, -0.1) is 11.3 Å². The fraction of sp³-hybridized carbons (Fsp3) is 0.533. The molecule has 0 amide bonds. The highest BCUT2D eigenvalue weighted by Gasteiger charge is 2.14. The Labute approximate surface area is 130 Å². The highest BCUT2D eigenvalue weighted by Crippen LogP contribution is 2.26. The summed E-state index contributed by atoms with van der Waals surface area (Å²) in [6.45, 7) is 8.29. The Hall–Kier alpha value is -1.69. The van der Waals surface area contributed by atoms with E-state index in [1.165, 1.54) is 4.88 Å². The smallest absolute Gasteiger partial charge is 0.135 e. The summed E-state index contributed by atoms with van der Waals surface area (Å²) in [4.78, 5) is 14.7. The summed E-state index contributed by atoms with van der Waals surface area (Å²) in [7, 11) is 0. The van der Waals surface area contributed by atoms with Crippen LogP contribution in [-0.4, -0.2) is 15.0 Å². The minimum atomic E-state index is 0.109. The van der Waals surface area contributed by atoms with E-state index < -0.39 is 0 Å². The number of anilines is 2. The normalized spacial score (nSPS) is 12.4. The Morgan fingerprint density at radius 2 is 2.10 bits per heavy atom. The van der Waals surface area contributed by atoms with Gasteiger partial charge in [-0.05, 0) is 26.7 Å². The minimum Gasteiger partial charge on any atom is -0.383 e. The van der Waals surface area contributed by atoms with E-state index in [9.17, 15) is 0 Å². The molecule has 0 radical (unpaired) electrons. The zero-order chi connectivity index (χ0) is 15.4. The van der Waals surface area contributed by atoms with Crippen molar-refractivity contribution >= 4 is 23.0 Å². The molecule has 5 nitrogen and oxygen atoms in total. The first-order valence-corrected chi connectivity index (χ1v) is 8.20. The van der Waals surface area contributed by atoms with Crippen LogP contribution in [0.3, 0.4) is 0 Å². The first kappa shape index (κ1) is 15.7. The number of aromatic nitrogens is 3. The molecule has 2 aromatic rings. The Bertz CT molecular complexity index is 608. The van der Waals surface area contributed by atoms with Crippen LogP contribution in [0.25, 0.3) is 0 Å². The summed E-state index contributed by atoms with van der Waals surface area (Å²) in [5, 5.41) is 4.49. The average Bonchev–Trinajstić information content (AvgIpc) is 2.93. The first-order valence-electron chi connectivity index (χ1n) is 7.39. The predicted molar refractivity (Wildman–Crippen MR) is 88.7 cm³/mol. The number of nitrogens with one attached hydrogen (secondary N) is 1. The van der Waals surface area contributed by atoms with Crippen LogP contribution in [0.15, 0.2) is 6.20 Å². The van der Waals surface area contributed by atoms with Crippen molar-refractivity contribution in [2.45, 2.75) is 53.0 Å². The van der Waals surface area contributed by atoms with E-state index in [1.54, 1.807) is 11.3 Å². The molecule has 0 aliphatic rings. The predicted octanol–water partition coefficient (Wildman–Crippen LogP) is 3.51. The molecule has 0 aliphatic heterocycles. The quantitative estimate of drug-likeness (QED) is 0.854. The fourth-order valence-corrected chi connectivity index (χ4v) is 2.87. The van der Waals surface area contributed by atoms with Gasteiger partial charge >= 0.3 is 0 Å². The monoisotopic (exact) mass is 305 g/mol. The van der Waals surface area contributed by atoms with E-state index >= 15 is 0 Å². The number of rotatable bonds is 6. The molecule has 0 saturated carbocycles. The molecule has 0 aromatic carbocycles. The molecule has 0 saturated heterocycles. The molecule has 2 aromatic heterocycles. The van der Waals surface area contributed by atoms with Gasteiger partial charge in [0.25, 0.3) is 0 Å². The Balaban J connectivity index is 2.21. The summed E-state index contributed by atoms with van der Waals surface area (Å²) in [6, 6.07) is 0.109. The summed E-state index contributed by atoms with van der Waals surface area (Å²) in [6.07, 6.45) is 4.81. The molecular formula is C15H23N5S. The summed E-state index contributed by atoms with van der Waals surface area (Å²) in [5.74, 6) is 2.16. The van der Waals surface area contributed by atoms with Gasteiger partial charge in [0.15, 0.2) is 0 Å². The number of hydrogen-bond acceptors (Lipinski definition) is 6. The van der Waals surface area contributed by atoms with Gasteiger partial charge in [0.05, 0.1) is 6.04 Å². The lowest BCUT2D eigenvalue weighted by molar-refractivity contribution is 0.814. The van der Waals surface area contributed by atoms with Gasteiger partial charge in [0.1, 0.15) is 22.5 Å². The highest BCUT2D eigenvalue weighted by molar-refractivity contribution is 7.11. The number of nitrogens with two attached hydrogens (primary N) is 1. The van der Waals surface area contributed by atoms with E-state index in [1.807, 2.05) is 13.1 Å². The van der Waals surface area contributed by atoms with Crippen LogP contribution in [0.1, 0.15) is 54.5 Å². The molecule has 3 N–H and O–H groups in total. The summed E-state index contributed by atoms with van der Waals surface area (Å²) >= 11 is 1.74. The van der Waals surface area contributed by atoms with Gasteiger partial charge in [0, 0.05) is 23.1 Å². The van der Waals surface area contributed by atoms with Crippen LogP contribution >= 0.6 is 11.3 Å². The largest absolute Gasteiger partial charge is 0.383 e. The molecular weight excluding hydrogens is 282 g/mol. The van der Waals surface area contributed by atoms with Crippen molar-refractivity contribution in [2.24, 2.45) is 0 Å². The molecule has 1 unspecified atom stereocenters. The fourth-order valence-electron chi connectivity index (χ4n) is 2.01. The topological polar surface area (TPSA) is 76.7 Å². The van der Waals surface area contributed by atoms with Crippen LogP contribution in [0, 0.1) is 6.92 Å². The van der Waals surface area contributed by atoms with E-state index in [-0.39, 0.29) is 6.04 Å². The van der Waals surface area contributed by atoms with Crippen LogP contribution in [0.5, 0.6) is 0 Å². The number of nitrogens with zero attached hydrogens (tertiary/aromatic N) is 3. The van der Waals surface area contributed by atoms with Gasteiger partial charge in [-0.25, -0.2) is 15.0 Å². The lowest BCUT2D eigenvalue weighted by atomic mass is 10.2. The van der Waals surface area contributed by atoms with Crippen molar-refractivity contribution in [1.82, 2.24) is 15.0 Å². The molecule has 0 bridgehead atoms. The maximum atomic E-state index is 5.99. The number of hydrogen-bond donors (Lipinski definition) is 2. The molecule has 2 rings (SSSR count). The lowest BCUT2D eigenvalue weighted by Gasteiger charge is -2.16. The maximum absolute atomic E-state index is 5.99. The van der Waals surface area contributed by atoms with E-state index in [0.29, 0.717) is 5.82 Å². The van der Waals surface area contributed by atoms with Crippen LogP contribution in [-0.2, 0) is 12.8 Å². The van der Waals surface area contributed by atoms with Crippen molar-refractivity contribution in [3.8, 4) is 0 Å². The van der Waals surface area contributed by atoms with E-state index in [2.05, 4.69) is 41.0 Å².